The first-order valence-electron chi connectivity index (χ1n) is 6.55. The van der Waals surface area contributed by atoms with Gasteiger partial charge < -0.3 is 16.4 Å². The number of amides is 1. The maximum absolute atomic E-state index is 11.2. The zero-order chi connectivity index (χ0) is 13.1. The summed E-state index contributed by atoms with van der Waals surface area (Å²) in [7, 11) is 0. The number of nitrogen functional groups attached to an aromatic ring is 1. The van der Waals surface area contributed by atoms with Crippen molar-refractivity contribution in [2.24, 2.45) is 11.7 Å². The molecule has 1 unspecified atom stereocenters. The summed E-state index contributed by atoms with van der Waals surface area (Å²) in [6.07, 6.45) is 4.99. The van der Waals surface area contributed by atoms with Crippen molar-refractivity contribution in [1.82, 2.24) is 0 Å². The molecule has 0 bridgehead atoms. The zero-order valence-corrected chi connectivity index (χ0v) is 11.6. The second kappa shape index (κ2) is 5.61. The van der Waals surface area contributed by atoms with E-state index in [2.05, 4.69) is 11.8 Å². The molecule has 1 aliphatic heterocycles. The Balaban J connectivity index is 2.11. The second-order valence-electron chi connectivity index (χ2n) is 4.93. The number of rotatable bonds is 3. The van der Waals surface area contributed by atoms with Crippen molar-refractivity contribution in [2.75, 3.05) is 23.7 Å². The third-order valence-electron chi connectivity index (χ3n) is 3.71. The number of carbonyl (C=O) groups is 1. The van der Waals surface area contributed by atoms with Crippen molar-refractivity contribution >= 4 is 27.9 Å². The molecule has 2 rings (SSSR count). The summed E-state index contributed by atoms with van der Waals surface area (Å²) in [4.78, 5) is 14.0. The van der Waals surface area contributed by atoms with Crippen molar-refractivity contribution in [3.05, 3.63) is 10.9 Å². The summed E-state index contributed by atoms with van der Waals surface area (Å²) in [5.74, 6) is 0.410. The standard InChI is InChI=1S/C13H21N3OS/c1-2-9-4-3-6-16(7-5-9)11-8-10(14)12(18-11)13(15)17/h8-9H,2-7,14H2,1H3,(H2,15,17). The van der Waals surface area contributed by atoms with Crippen LogP contribution < -0.4 is 16.4 Å². The molecular weight excluding hydrogens is 246 g/mol. The van der Waals surface area contributed by atoms with E-state index in [0.717, 1.165) is 24.0 Å². The molecule has 1 aromatic heterocycles. The Bertz CT molecular complexity index is 430. The highest BCUT2D eigenvalue weighted by atomic mass is 32.1. The number of carbonyl (C=O) groups excluding carboxylic acids is 1. The largest absolute Gasteiger partial charge is 0.397 e. The summed E-state index contributed by atoms with van der Waals surface area (Å²) in [5.41, 5.74) is 11.6. The third-order valence-corrected chi connectivity index (χ3v) is 4.93. The number of anilines is 2. The van der Waals surface area contributed by atoms with Gasteiger partial charge in [0.25, 0.3) is 5.91 Å². The molecule has 1 fully saturated rings. The smallest absolute Gasteiger partial charge is 0.260 e. The molecule has 0 saturated carbocycles. The van der Waals surface area contributed by atoms with Crippen LogP contribution in [0.4, 0.5) is 10.7 Å². The molecule has 4 N–H and O–H groups in total. The Labute approximate surface area is 112 Å². The summed E-state index contributed by atoms with van der Waals surface area (Å²) < 4.78 is 0. The quantitative estimate of drug-likeness (QED) is 0.883. The van der Waals surface area contributed by atoms with Crippen molar-refractivity contribution in [3.63, 3.8) is 0 Å². The molecule has 4 nitrogen and oxygen atoms in total. The van der Waals surface area contributed by atoms with Crippen molar-refractivity contribution in [1.29, 1.82) is 0 Å². The maximum atomic E-state index is 11.2. The van der Waals surface area contributed by atoms with Crippen LogP contribution >= 0.6 is 11.3 Å². The minimum absolute atomic E-state index is 0.426. The minimum atomic E-state index is -0.426. The van der Waals surface area contributed by atoms with Gasteiger partial charge in [0.15, 0.2) is 0 Å². The van der Waals surface area contributed by atoms with Crippen molar-refractivity contribution < 1.29 is 4.79 Å². The molecule has 1 atom stereocenters. The lowest BCUT2D eigenvalue weighted by molar-refractivity contribution is 0.100. The van der Waals surface area contributed by atoms with Crippen LogP contribution in [-0.2, 0) is 0 Å². The molecule has 0 spiro atoms. The first kappa shape index (κ1) is 13.2. The Morgan fingerprint density at radius 2 is 2.28 bits per heavy atom. The van der Waals surface area contributed by atoms with Gasteiger partial charge in [-0.25, -0.2) is 0 Å². The Morgan fingerprint density at radius 3 is 2.89 bits per heavy atom. The topological polar surface area (TPSA) is 72.3 Å². The highest BCUT2D eigenvalue weighted by molar-refractivity contribution is 7.18. The molecule has 0 radical (unpaired) electrons. The first-order valence-corrected chi connectivity index (χ1v) is 7.37. The zero-order valence-electron chi connectivity index (χ0n) is 10.8. The van der Waals surface area contributed by atoms with Gasteiger partial charge in [0.05, 0.1) is 10.7 Å². The molecular formula is C13H21N3OS. The number of hydrogen-bond acceptors (Lipinski definition) is 4. The average Bonchev–Trinajstić information content (AvgIpc) is 2.60. The molecule has 1 amide bonds. The highest BCUT2D eigenvalue weighted by Crippen LogP contribution is 2.34. The van der Waals surface area contributed by atoms with E-state index >= 15 is 0 Å². The van der Waals surface area contributed by atoms with Crippen LogP contribution in [0.1, 0.15) is 42.3 Å². The van der Waals surface area contributed by atoms with Gasteiger partial charge in [-0.2, -0.15) is 0 Å². The average molecular weight is 267 g/mol. The fraction of sp³-hybridized carbons (Fsp3) is 0.615. The predicted octanol–water partition coefficient (Wildman–Crippen LogP) is 2.45. The predicted molar refractivity (Wildman–Crippen MR) is 77.1 cm³/mol. The monoisotopic (exact) mass is 267 g/mol. The van der Waals surface area contributed by atoms with Crippen LogP contribution in [0, 0.1) is 5.92 Å². The lowest BCUT2D eigenvalue weighted by Crippen LogP contribution is -2.23. The number of nitrogens with zero attached hydrogens (tertiary/aromatic N) is 1. The molecule has 0 aliphatic carbocycles. The van der Waals surface area contributed by atoms with Gasteiger partial charge in [-0.3, -0.25) is 4.79 Å². The van der Waals surface area contributed by atoms with Gasteiger partial charge in [-0.05, 0) is 31.2 Å². The number of nitrogens with two attached hydrogens (primary N) is 2. The van der Waals surface area contributed by atoms with E-state index < -0.39 is 5.91 Å². The number of thiophene rings is 1. The number of primary amides is 1. The minimum Gasteiger partial charge on any atom is -0.397 e. The van der Waals surface area contributed by atoms with Crippen LogP contribution in [0.25, 0.3) is 0 Å². The van der Waals surface area contributed by atoms with Crippen LogP contribution in [0.2, 0.25) is 0 Å². The Kier molecular flexibility index (Phi) is 4.11. The fourth-order valence-corrected chi connectivity index (χ4v) is 3.52. The van der Waals surface area contributed by atoms with Gasteiger partial charge in [0, 0.05) is 13.1 Å². The van der Waals surface area contributed by atoms with E-state index in [1.807, 2.05) is 6.07 Å². The summed E-state index contributed by atoms with van der Waals surface area (Å²) in [5, 5.41) is 1.08. The molecule has 2 heterocycles. The molecule has 1 aliphatic rings. The molecule has 0 aromatic carbocycles. The summed E-state index contributed by atoms with van der Waals surface area (Å²) in [6, 6.07) is 1.89. The van der Waals surface area contributed by atoms with Gasteiger partial charge in [-0.1, -0.05) is 13.3 Å². The summed E-state index contributed by atoms with van der Waals surface area (Å²) >= 11 is 1.42. The number of hydrogen-bond donors (Lipinski definition) is 2. The lowest BCUT2D eigenvalue weighted by atomic mass is 9.98. The van der Waals surface area contributed by atoms with Gasteiger partial charge >= 0.3 is 0 Å². The normalized spacial score (nSPS) is 20.7. The fourth-order valence-electron chi connectivity index (χ4n) is 2.53. The first-order chi connectivity index (χ1) is 8.61. The van der Waals surface area contributed by atoms with Gasteiger partial charge in [0.2, 0.25) is 0 Å². The molecule has 1 saturated heterocycles. The van der Waals surface area contributed by atoms with Crippen molar-refractivity contribution in [2.45, 2.75) is 32.6 Å². The van der Waals surface area contributed by atoms with Gasteiger partial charge in [-0.15, -0.1) is 11.3 Å². The van der Waals surface area contributed by atoms with E-state index in [1.165, 1.54) is 37.0 Å². The van der Waals surface area contributed by atoms with Gasteiger partial charge in [0.1, 0.15) is 4.88 Å². The van der Waals surface area contributed by atoms with Crippen molar-refractivity contribution in [3.8, 4) is 0 Å². The Morgan fingerprint density at radius 1 is 1.50 bits per heavy atom. The van der Waals surface area contributed by atoms with E-state index in [-0.39, 0.29) is 0 Å². The Hall–Kier alpha value is -1.23. The summed E-state index contributed by atoms with van der Waals surface area (Å²) in [6.45, 7) is 4.36. The van der Waals surface area contributed by atoms with Crippen LogP contribution in [0.15, 0.2) is 6.07 Å². The lowest BCUT2D eigenvalue weighted by Gasteiger charge is -2.20. The second-order valence-corrected chi connectivity index (χ2v) is 5.96. The van der Waals surface area contributed by atoms with E-state index in [0.29, 0.717) is 10.6 Å². The molecule has 5 heteroatoms. The third kappa shape index (κ3) is 2.77. The van der Waals surface area contributed by atoms with Crippen LogP contribution in [0.5, 0.6) is 0 Å². The SMILES string of the molecule is CCC1CCCN(c2cc(N)c(C(N)=O)s2)CC1. The van der Waals surface area contributed by atoms with Crippen LogP contribution in [0.3, 0.4) is 0 Å². The van der Waals surface area contributed by atoms with E-state index in [1.54, 1.807) is 0 Å². The molecule has 18 heavy (non-hydrogen) atoms. The molecule has 100 valence electrons. The maximum Gasteiger partial charge on any atom is 0.260 e. The van der Waals surface area contributed by atoms with Crippen LogP contribution in [-0.4, -0.2) is 19.0 Å². The van der Waals surface area contributed by atoms with E-state index in [9.17, 15) is 4.79 Å². The van der Waals surface area contributed by atoms with E-state index in [4.69, 9.17) is 11.5 Å². The highest BCUT2D eigenvalue weighted by Gasteiger charge is 2.19. The molecule has 1 aromatic rings.